The van der Waals surface area contributed by atoms with E-state index in [2.05, 4.69) is 9.71 Å². The molecule has 1 N–H and O–H groups in total. The second kappa shape index (κ2) is 5.75. The fraction of sp³-hybridized carbons (Fsp3) is 0.250. The normalized spacial score (nSPS) is 13.9. The minimum atomic E-state index is -3.48. The van der Waals surface area contributed by atoms with Gasteiger partial charge in [-0.15, -0.1) is 0 Å². The molecule has 1 aromatic heterocycles. The Bertz CT molecular complexity index is 878. The lowest BCUT2D eigenvalue weighted by atomic mass is 10.1. The van der Waals surface area contributed by atoms with Crippen LogP contribution >= 0.6 is 0 Å². The molecule has 1 aliphatic rings. The third-order valence-corrected chi connectivity index (χ3v) is 5.33. The third kappa shape index (κ3) is 2.85. The molecule has 2 heterocycles. The van der Waals surface area contributed by atoms with Gasteiger partial charge in [0.05, 0.1) is 4.90 Å². The number of rotatable bonds is 3. The molecule has 0 atom stereocenters. The van der Waals surface area contributed by atoms with Gasteiger partial charge in [-0.3, -0.25) is 9.78 Å². The van der Waals surface area contributed by atoms with Gasteiger partial charge >= 0.3 is 0 Å². The van der Waals surface area contributed by atoms with Gasteiger partial charge in [-0.25, -0.2) is 13.1 Å². The lowest BCUT2D eigenvalue weighted by Crippen LogP contribution is -2.29. The van der Waals surface area contributed by atoms with Crippen molar-refractivity contribution in [1.29, 1.82) is 0 Å². The van der Waals surface area contributed by atoms with Crippen molar-refractivity contribution in [2.24, 2.45) is 0 Å². The number of aromatic nitrogens is 1. The van der Waals surface area contributed by atoms with Gasteiger partial charge in [0.1, 0.15) is 0 Å². The molecule has 0 spiro atoms. The second-order valence-electron chi connectivity index (χ2n) is 5.39. The van der Waals surface area contributed by atoms with Crippen molar-refractivity contribution < 1.29 is 13.2 Å². The predicted molar refractivity (Wildman–Crippen MR) is 87.0 cm³/mol. The number of sulfonamides is 1. The molecule has 0 saturated heterocycles. The zero-order chi connectivity index (χ0) is 16.6. The van der Waals surface area contributed by atoms with Crippen LogP contribution in [0.5, 0.6) is 0 Å². The number of benzene rings is 1. The van der Waals surface area contributed by atoms with E-state index < -0.39 is 10.0 Å². The van der Waals surface area contributed by atoms with Crippen LogP contribution in [0.2, 0.25) is 0 Å². The average molecular weight is 331 g/mol. The number of nitrogens with one attached hydrogen (secondary N) is 1. The highest BCUT2D eigenvalue weighted by molar-refractivity contribution is 7.89. The maximum Gasteiger partial charge on any atom is 0.258 e. The van der Waals surface area contributed by atoms with Crippen molar-refractivity contribution in [3.63, 3.8) is 0 Å². The highest BCUT2D eigenvalue weighted by Gasteiger charge is 2.27. The Kier molecular flexibility index (Phi) is 3.91. The van der Waals surface area contributed by atoms with Crippen molar-refractivity contribution in [3.8, 4) is 0 Å². The number of amides is 1. The Morgan fingerprint density at radius 2 is 2.04 bits per heavy atom. The first-order valence-electron chi connectivity index (χ1n) is 7.23. The van der Waals surface area contributed by atoms with Gasteiger partial charge in [-0.2, -0.15) is 0 Å². The molecule has 0 fully saturated rings. The molecule has 1 aliphatic heterocycles. The predicted octanol–water partition coefficient (Wildman–Crippen LogP) is 1.50. The van der Waals surface area contributed by atoms with Crippen LogP contribution in [0.25, 0.3) is 0 Å². The molecule has 0 bridgehead atoms. The van der Waals surface area contributed by atoms with E-state index in [9.17, 15) is 13.2 Å². The van der Waals surface area contributed by atoms with Crippen LogP contribution < -0.4 is 9.62 Å². The maximum absolute atomic E-state index is 12.7. The van der Waals surface area contributed by atoms with Crippen molar-refractivity contribution >= 4 is 21.6 Å². The average Bonchev–Trinajstić information content (AvgIpc) is 2.97. The summed E-state index contributed by atoms with van der Waals surface area (Å²) in [5, 5.41) is 0. The molecule has 6 nitrogen and oxygen atoms in total. The molecule has 3 rings (SSSR count). The van der Waals surface area contributed by atoms with Gasteiger partial charge in [0, 0.05) is 29.7 Å². The molecule has 2 aromatic rings. The molecule has 0 unspecified atom stereocenters. The van der Waals surface area contributed by atoms with Gasteiger partial charge in [-0.05, 0) is 56.3 Å². The third-order valence-electron chi connectivity index (χ3n) is 3.91. The van der Waals surface area contributed by atoms with E-state index in [1.54, 1.807) is 35.4 Å². The van der Waals surface area contributed by atoms with Crippen LogP contribution in [0.4, 0.5) is 5.69 Å². The van der Waals surface area contributed by atoms with E-state index in [1.165, 1.54) is 13.1 Å². The Hall–Kier alpha value is -2.25. The zero-order valence-corrected chi connectivity index (χ0v) is 13.7. The van der Waals surface area contributed by atoms with E-state index in [0.29, 0.717) is 18.5 Å². The number of hydrogen-bond acceptors (Lipinski definition) is 4. The summed E-state index contributed by atoms with van der Waals surface area (Å²) in [6, 6.07) is 8.28. The molecule has 1 aromatic carbocycles. The SMILES string of the molecule is CNS(=O)(=O)c1ccc2c(c1)CCN2C(=O)c1ccnc(C)c1. The zero-order valence-electron chi connectivity index (χ0n) is 12.9. The molecule has 0 radical (unpaired) electrons. The van der Waals surface area contributed by atoms with Crippen molar-refractivity contribution in [2.45, 2.75) is 18.2 Å². The fourth-order valence-electron chi connectivity index (χ4n) is 2.71. The topological polar surface area (TPSA) is 79.4 Å². The number of fused-ring (bicyclic) bond motifs is 1. The highest BCUT2D eigenvalue weighted by atomic mass is 32.2. The minimum Gasteiger partial charge on any atom is -0.308 e. The first kappa shape index (κ1) is 15.6. The maximum atomic E-state index is 12.7. The Labute approximate surface area is 135 Å². The molecular weight excluding hydrogens is 314 g/mol. The summed E-state index contributed by atoms with van der Waals surface area (Å²) in [5.41, 5.74) is 2.99. The largest absolute Gasteiger partial charge is 0.308 e. The number of carbonyl (C=O) groups is 1. The van der Waals surface area contributed by atoms with Crippen molar-refractivity contribution in [3.05, 3.63) is 53.3 Å². The van der Waals surface area contributed by atoms with Crippen LogP contribution in [0, 0.1) is 6.92 Å². The Balaban J connectivity index is 1.95. The number of carbonyl (C=O) groups excluding carboxylic acids is 1. The number of aryl methyl sites for hydroxylation is 1. The molecule has 120 valence electrons. The number of hydrogen-bond donors (Lipinski definition) is 1. The fourth-order valence-corrected chi connectivity index (χ4v) is 3.49. The van der Waals surface area contributed by atoms with Crippen LogP contribution in [-0.4, -0.2) is 32.9 Å². The monoisotopic (exact) mass is 331 g/mol. The quantitative estimate of drug-likeness (QED) is 0.924. The van der Waals surface area contributed by atoms with E-state index >= 15 is 0 Å². The van der Waals surface area contributed by atoms with E-state index in [-0.39, 0.29) is 10.8 Å². The van der Waals surface area contributed by atoms with Crippen LogP contribution in [-0.2, 0) is 16.4 Å². The molecule has 7 heteroatoms. The first-order valence-corrected chi connectivity index (χ1v) is 8.72. The first-order chi connectivity index (χ1) is 10.9. The van der Waals surface area contributed by atoms with Gasteiger partial charge in [-0.1, -0.05) is 0 Å². The summed E-state index contributed by atoms with van der Waals surface area (Å²) in [7, 11) is -2.10. The molecule has 23 heavy (non-hydrogen) atoms. The summed E-state index contributed by atoms with van der Waals surface area (Å²) in [4.78, 5) is 18.7. The van der Waals surface area contributed by atoms with Crippen LogP contribution in [0.3, 0.4) is 0 Å². The number of pyridine rings is 1. The second-order valence-corrected chi connectivity index (χ2v) is 7.28. The molecular formula is C16H17N3O3S. The number of nitrogens with zero attached hydrogens (tertiary/aromatic N) is 2. The van der Waals surface area contributed by atoms with Gasteiger partial charge in [0.2, 0.25) is 10.0 Å². The number of anilines is 1. The minimum absolute atomic E-state index is 0.0986. The van der Waals surface area contributed by atoms with Gasteiger partial charge in [0.15, 0.2) is 0 Å². The van der Waals surface area contributed by atoms with Crippen molar-refractivity contribution in [2.75, 3.05) is 18.5 Å². The lowest BCUT2D eigenvalue weighted by Gasteiger charge is -2.17. The Morgan fingerprint density at radius 1 is 1.26 bits per heavy atom. The Morgan fingerprint density at radius 3 is 2.74 bits per heavy atom. The van der Waals surface area contributed by atoms with Crippen LogP contribution in [0.15, 0.2) is 41.4 Å². The van der Waals surface area contributed by atoms with E-state index in [0.717, 1.165) is 16.9 Å². The summed E-state index contributed by atoms with van der Waals surface area (Å²) in [6.07, 6.45) is 2.25. The van der Waals surface area contributed by atoms with Crippen LogP contribution in [0.1, 0.15) is 21.6 Å². The van der Waals surface area contributed by atoms with E-state index in [1.807, 2.05) is 6.92 Å². The standard InChI is InChI=1S/C16H17N3O3S/c1-11-9-13(5-7-18-11)16(20)19-8-6-12-10-14(3-4-15(12)19)23(21,22)17-2/h3-5,7,9-10,17H,6,8H2,1-2H3. The lowest BCUT2D eigenvalue weighted by molar-refractivity contribution is 0.0989. The van der Waals surface area contributed by atoms with Crippen molar-refractivity contribution in [1.82, 2.24) is 9.71 Å². The molecule has 1 amide bonds. The summed E-state index contributed by atoms with van der Waals surface area (Å²) in [5.74, 6) is -0.0986. The summed E-state index contributed by atoms with van der Waals surface area (Å²) in [6.45, 7) is 2.38. The summed E-state index contributed by atoms with van der Waals surface area (Å²) < 4.78 is 26.1. The molecule has 0 aliphatic carbocycles. The smallest absolute Gasteiger partial charge is 0.258 e. The van der Waals surface area contributed by atoms with Gasteiger partial charge in [0.25, 0.3) is 5.91 Å². The summed E-state index contributed by atoms with van der Waals surface area (Å²) >= 11 is 0. The van der Waals surface area contributed by atoms with Gasteiger partial charge < -0.3 is 4.90 Å². The van der Waals surface area contributed by atoms with E-state index in [4.69, 9.17) is 0 Å². The molecule has 0 saturated carbocycles. The highest BCUT2D eigenvalue weighted by Crippen LogP contribution is 2.31.